The van der Waals surface area contributed by atoms with Crippen LogP contribution in [0.1, 0.15) is 50.5 Å². The molecule has 0 saturated carbocycles. The SMILES string of the molecule is CCC(CC)(CC)Nc1cncc(C(=O)OC)n1. The second kappa shape index (κ2) is 6.33. The number of carbonyl (C=O) groups excluding carboxylic acids is 1. The Morgan fingerprint density at radius 3 is 2.39 bits per heavy atom. The van der Waals surface area contributed by atoms with Gasteiger partial charge in [0.15, 0.2) is 5.69 Å². The van der Waals surface area contributed by atoms with Crippen LogP contribution in [0.2, 0.25) is 0 Å². The minimum absolute atomic E-state index is 0.00340. The van der Waals surface area contributed by atoms with E-state index in [2.05, 4.69) is 40.8 Å². The highest BCUT2D eigenvalue weighted by atomic mass is 16.5. The summed E-state index contributed by atoms with van der Waals surface area (Å²) in [7, 11) is 1.33. The van der Waals surface area contributed by atoms with Gasteiger partial charge in [-0.25, -0.2) is 9.78 Å². The molecule has 0 saturated heterocycles. The molecule has 1 heterocycles. The van der Waals surface area contributed by atoms with E-state index in [0.717, 1.165) is 19.3 Å². The number of methoxy groups -OCH3 is 1. The van der Waals surface area contributed by atoms with Crippen molar-refractivity contribution in [3.05, 3.63) is 18.1 Å². The monoisotopic (exact) mass is 251 g/mol. The smallest absolute Gasteiger partial charge is 0.358 e. The molecule has 0 unspecified atom stereocenters. The highest BCUT2D eigenvalue weighted by molar-refractivity contribution is 5.87. The predicted octanol–water partition coefficient (Wildman–Crippen LogP) is 2.64. The van der Waals surface area contributed by atoms with Crippen LogP contribution in [-0.2, 0) is 4.74 Å². The van der Waals surface area contributed by atoms with E-state index < -0.39 is 5.97 Å². The summed E-state index contributed by atoms with van der Waals surface area (Å²) < 4.78 is 4.63. The summed E-state index contributed by atoms with van der Waals surface area (Å²) in [4.78, 5) is 19.6. The maximum absolute atomic E-state index is 11.4. The maximum atomic E-state index is 11.4. The van der Waals surface area contributed by atoms with Crippen LogP contribution in [0.4, 0.5) is 5.82 Å². The highest BCUT2D eigenvalue weighted by Crippen LogP contribution is 2.24. The molecule has 1 aromatic heterocycles. The van der Waals surface area contributed by atoms with E-state index in [0.29, 0.717) is 5.82 Å². The van der Waals surface area contributed by atoms with Gasteiger partial charge in [-0.3, -0.25) is 4.98 Å². The quantitative estimate of drug-likeness (QED) is 0.787. The van der Waals surface area contributed by atoms with Crippen LogP contribution in [0.15, 0.2) is 12.4 Å². The summed E-state index contributed by atoms with van der Waals surface area (Å²) in [5, 5.41) is 3.38. The van der Waals surface area contributed by atoms with Gasteiger partial charge in [0.2, 0.25) is 0 Å². The van der Waals surface area contributed by atoms with Crippen LogP contribution >= 0.6 is 0 Å². The fourth-order valence-corrected chi connectivity index (χ4v) is 1.92. The van der Waals surface area contributed by atoms with E-state index >= 15 is 0 Å². The number of aromatic nitrogens is 2. The number of ether oxygens (including phenoxy) is 1. The Morgan fingerprint density at radius 1 is 1.28 bits per heavy atom. The zero-order chi connectivity index (χ0) is 13.6. The molecule has 1 rings (SSSR count). The van der Waals surface area contributed by atoms with E-state index in [1.165, 1.54) is 13.3 Å². The minimum Gasteiger partial charge on any atom is -0.464 e. The number of carbonyl (C=O) groups is 1. The molecule has 0 spiro atoms. The number of esters is 1. The molecule has 0 bridgehead atoms. The Morgan fingerprint density at radius 2 is 1.89 bits per heavy atom. The van der Waals surface area contributed by atoms with Gasteiger partial charge in [-0.05, 0) is 19.3 Å². The van der Waals surface area contributed by atoms with Crippen molar-refractivity contribution in [2.24, 2.45) is 0 Å². The normalized spacial score (nSPS) is 11.1. The first kappa shape index (κ1) is 14.4. The number of hydrogen-bond acceptors (Lipinski definition) is 5. The number of nitrogens with zero attached hydrogens (tertiary/aromatic N) is 2. The largest absolute Gasteiger partial charge is 0.464 e. The van der Waals surface area contributed by atoms with Gasteiger partial charge in [-0.15, -0.1) is 0 Å². The van der Waals surface area contributed by atoms with Gasteiger partial charge < -0.3 is 10.1 Å². The maximum Gasteiger partial charge on any atom is 0.358 e. The number of nitrogens with one attached hydrogen (secondary N) is 1. The molecule has 0 aliphatic carbocycles. The third kappa shape index (κ3) is 3.18. The molecular weight excluding hydrogens is 230 g/mol. The Balaban J connectivity index is 2.93. The van der Waals surface area contributed by atoms with Crippen molar-refractivity contribution in [1.29, 1.82) is 0 Å². The molecule has 18 heavy (non-hydrogen) atoms. The molecule has 1 aromatic rings. The molecule has 0 radical (unpaired) electrons. The number of hydrogen-bond donors (Lipinski definition) is 1. The van der Waals surface area contributed by atoms with E-state index in [4.69, 9.17) is 0 Å². The lowest BCUT2D eigenvalue weighted by molar-refractivity contribution is 0.0593. The Labute approximate surface area is 108 Å². The van der Waals surface area contributed by atoms with Gasteiger partial charge in [0.25, 0.3) is 0 Å². The second-order valence-corrected chi connectivity index (χ2v) is 4.25. The van der Waals surface area contributed by atoms with Crippen molar-refractivity contribution in [3.8, 4) is 0 Å². The summed E-state index contributed by atoms with van der Waals surface area (Å²) >= 11 is 0. The lowest BCUT2D eigenvalue weighted by Crippen LogP contribution is -2.36. The summed E-state index contributed by atoms with van der Waals surface area (Å²) in [6.45, 7) is 6.41. The average Bonchev–Trinajstić information content (AvgIpc) is 2.44. The van der Waals surface area contributed by atoms with Crippen molar-refractivity contribution in [2.75, 3.05) is 12.4 Å². The fraction of sp³-hybridized carbons (Fsp3) is 0.615. The number of anilines is 1. The molecule has 0 aromatic carbocycles. The van der Waals surface area contributed by atoms with E-state index in [-0.39, 0.29) is 11.2 Å². The molecule has 0 amide bonds. The lowest BCUT2D eigenvalue weighted by Gasteiger charge is -2.32. The summed E-state index contributed by atoms with van der Waals surface area (Å²) in [6.07, 6.45) is 6.00. The minimum atomic E-state index is -0.471. The summed E-state index contributed by atoms with van der Waals surface area (Å²) in [5.74, 6) is 0.143. The van der Waals surface area contributed by atoms with Crippen molar-refractivity contribution in [2.45, 2.75) is 45.6 Å². The van der Waals surface area contributed by atoms with Crippen LogP contribution in [-0.4, -0.2) is 28.6 Å². The van der Waals surface area contributed by atoms with Crippen LogP contribution in [0, 0.1) is 0 Å². The van der Waals surface area contributed by atoms with E-state index in [1.54, 1.807) is 6.20 Å². The van der Waals surface area contributed by atoms with Crippen LogP contribution < -0.4 is 5.32 Å². The molecule has 0 fully saturated rings. The van der Waals surface area contributed by atoms with Gasteiger partial charge in [0, 0.05) is 5.54 Å². The third-order valence-electron chi connectivity index (χ3n) is 3.45. The molecule has 5 nitrogen and oxygen atoms in total. The second-order valence-electron chi connectivity index (χ2n) is 4.25. The van der Waals surface area contributed by atoms with Crippen LogP contribution in [0.3, 0.4) is 0 Å². The van der Waals surface area contributed by atoms with Crippen LogP contribution in [0.25, 0.3) is 0 Å². The molecule has 1 N–H and O–H groups in total. The summed E-state index contributed by atoms with van der Waals surface area (Å²) in [5.41, 5.74) is 0.225. The van der Waals surface area contributed by atoms with Gasteiger partial charge >= 0.3 is 5.97 Å². The standard InChI is InChI=1S/C13H21N3O2/c1-5-13(6-2,7-3)16-11-9-14-8-10(15-11)12(17)18-4/h8-9H,5-7H2,1-4H3,(H,15,16). The van der Waals surface area contributed by atoms with Crippen molar-refractivity contribution in [1.82, 2.24) is 9.97 Å². The molecule has 100 valence electrons. The molecule has 0 aliphatic heterocycles. The average molecular weight is 251 g/mol. The lowest BCUT2D eigenvalue weighted by atomic mass is 9.90. The molecule has 0 atom stereocenters. The topological polar surface area (TPSA) is 64.1 Å². The van der Waals surface area contributed by atoms with Gasteiger partial charge in [-0.1, -0.05) is 20.8 Å². The van der Waals surface area contributed by atoms with E-state index in [9.17, 15) is 4.79 Å². The molecular formula is C13H21N3O2. The van der Waals surface area contributed by atoms with Gasteiger partial charge in [0.1, 0.15) is 5.82 Å². The zero-order valence-electron chi connectivity index (χ0n) is 11.5. The Hall–Kier alpha value is -1.65. The first-order valence-electron chi connectivity index (χ1n) is 6.29. The van der Waals surface area contributed by atoms with Gasteiger partial charge in [-0.2, -0.15) is 0 Å². The first-order valence-corrected chi connectivity index (χ1v) is 6.29. The highest BCUT2D eigenvalue weighted by Gasteiger charge is 2.24. The van der Waals surface area contributed by atoms with E-state index in [1.807, 2.05) is 0 Å². The third-order valence-corrected chi connectivity index (χ3v) is 3.45. The predicted molar refractivity (Wildman–Crippen MR) is 70.6 cm³/mol. The number of rotatable bonds is 6. The summed E-state index contributed by atoms with van der Waals surface area (Å²) in [6, 6.07) is 0. The first-order chi connectivity index (χ1) is 8.60. The Bertz CT molecular complexity index is 395. The van der Waals surface area contributed by atoms with Crippen molar-refractivity contribution in [3.63, 3.8) is 0 Å². The van der Waals surface area contributed by atoms with Crippen LogP contribution in [0.5, 0.6) is 0 Å². The fourth-order valence-electron chi connectivity index (χ4n) is 1.92. The molecule has 5 heteroatoms. The zero-order valence-corrected chi connectivity index (χ0v) is 11.5. The molecule has 0 aliphatic rings. The Kier molecular flexibility index (Phi) is 5.07. The van der Waals surface area contributed by atoms with Crippen molar-refractivity contribution >= 4 is 11.8 Å². The van der Waals surface area contributed by atoms with Gasteiger partial charge in [0.05, 0.1) is 19.5 Å². The van der Waals surface area contributed by atoms with Crippen molar-refractivity contribution < 1.29 is 9.53 Å².